The molecule has 1 aromatic carbocycles. The van der Waals surface area contributed by atoms with Crippen molar-refractivity contribution >= 4 is 9.84 Å². The van der Waals surface area contributed by atoms with Gasteiger partial charge in [-0.3, -0.25) is 0 Å². The molecule has 0 radical (unpaired) electrons. The topological polar surface area (TPSA) is 80.0 Å². The van der Waals surface area contributed by atoms with Crippen LogP contribution in [0.4, 0.5) is 0 Å². The maximum absolute atomic E-state index is 11.4. The van der Waals surface area contributed by atoms with Gasteiger partial charge in [0.05, 0.1) is 12.0 Å². The van der Waals surface area contributed by atoms with Crippen molar-refractivity contribution in [2.75, 3.05) is 13.4 Å². The van der Waals surface area contributed by atoms with Crippen LogP contribution in [-0.2, 0) is 9.84 Å². The minimum atomic E-state index is -3.23. The number of ether oxygens (including phenoxy) is 1. The molecule has 0 aliphatic heterocycles. The third-order valence-corrected chi connectivity index (χ3v) is 3.94. The second-order valence-corrected chi connectivity index (χ2v) is 6.17. The lowest BCUT2D eigenvalue weighted by atomic mass is 10.0. The normalized spacial score (nSPS) is 10.8. The van der Waals surface area contributed by atoms with E-state index in [4.69, 9.17) is 4.74 Å². The predicted octanol–water partition coefficient (Wildman–Crippen LogP) is 2.03. The van der Waals surface area contributed by atoms with E-state index in [9.17, 15) is 13.7 Å². The van der Waals surface area contributed by atoms with Gasteiger partial charge in [-0.2, -0.15) is 5.26 Å². The summed E-state index contributed by atoms with van der Waals surface area (Å²) in [6.07, 6.45) is 2.69. The molecule has 5 nitrogen and oxygen atoms in total. The summed E-state index contributed by atoms with van der Waals surface area (Å²) in [5.41, 5.74) is 1.70. The first-order valence-electron chi connectivity index (χ1n) is 5.71. The molecule has 0 saturated carbocycles. The van der Waals surface area contributed by atoms with Gasteiger partial charge in [-0.25, -0.2) is 13.4 Å². The molecule has 20 heavy (non-hydrogen) atoms. The van der Waals surface area contributed by atoms with E-state index in [1.54, 1.807) is 24.4 Å². The van der Waals surface area contributed by atoms with Crippen LogP contribution in [0.25, 0.3) is 11.1 Å². The maximum Gasteiger partial charge on any atom is 0.232 e. The summed E-state index contributed by atoms with van der Waals surface area (Å²) in [5, 5.41) is 9.21. The van der Waals surface area contributed by atoms with E-state index < -0.39 is 9.84 Å². The van der Waals surface area contributed by atoms with Crippen molar-refractivity contribution in [1.29, 1.82) is 5.26 Å². The Kier molecular flexibility index (Phi) is 3.72. The Bertz CT molecular complexity index is 775. The zero-order valence-corrected chi connectivity index (χ0v) is 11.8. The molecule has 2 rings (SSSR count). The fraction of sp³-hybridized carbons (Fsp3) is 0.143. The van der Waals surface area contributed by atoms with Crippen molar-refractivity contribution in [3.8, 4) is 23.1 Å². The van der Waals surface area contributed by atoms with Crippen molar-refractivity contribution in [3.63, 3.8) is 0 Å². The molecular weight excluding hydrogens is 276 g/mol. The summed E-state index contributed by atoms with van der Waals surface area (Å²) < 4.78 is 27.9. The first-order valence-corrected chi connectivity index (χ1v) is 7.60. The summed E-state index contributed by atoms with van der Waals surface area (Å²) in [5.74, 6) is 0.247. The quantitative estimate of drug-likeness (QED) is 0.863. The second-order valence-electron chi connectivity index (χ2n) is 4.15. The van der Waals surface area contributed by atoms with Crippen LogP contribution in [0.1, 0.15) is 5.56 Å². The van der Waals surface area contributed by atoms with E-state index in [1.165, 1.54) is 19.2 Å². The number of nitrogens with zero attached hydrogens (tertiary/aromatic N) is 2. The van der Waals surface area contributed by atoms with Crippen LogP contribution in [0.2, 0.25) is 0 Å². The van der Waals surface area contributed by atoms with Gasteiger partial charge in [-0.05, 0) is 23.8 Å². The highest BCUT2D eigenvalue weighted by atomic mass is 32.2. The highest BCUT2D eigenvalue weighted by molar-refractivity contribution is 7.90. The van der Waals surface area contributed by atoms with Crippen LogP contribution in [0.5, 0.6) is 5.88 Å². The highest BCUT2D eigenvalue weighted by Gasteiger charge is 2.13. The fourth-order valence-electron chi connectivity index (χ4n) is 1.83. The monoisotopic (exact) mass is 288 g/mol. The molecule has 1 heterocycles. The van der Waals surface area contributed by atoms with E-state index in [0.29, 0.717) is 11.1 Å². The van der Waals surface area contributed by atoms with Gasteiger partial charge in [0.25, 0.3) is 0 Å². The third-order valence-electron chi connectivity index (χ3n) is 2.81. The molecule has 0 amide bonds. The van der Waals surface area contributed by atoms with Crippen LogP contribution in [0, 0.1) is 11.3 Å². The molecule has 0 saturated heterocycles. The van der Waals surface area contributed by atoms with Gasteiger partial charge in [0.15, 0.2) is 9.84 Å². The Morgan fingerprint density at radius 3 is 2.35 bits per heavy atom. The first kappa shape index (κ1) is 14.0. The van der Waals surface area contributed by atoms with Crippen LogP contribution in [-0.4, -0.2) is 26.8 Å². The molecule has 0 N–H and O–H groups in total. The van der Waals surface area contributed by atoms with E-state index in [1.807, 2.05) is 0 Å². The molecular formula is C14H12N2O3S. The van der Waals surface area contributed by atoms with Crippen molar-refractivity contribution in [2.24, 2.45) is 0 Å². The molecule has 0 fully saturated rings. The van der Waals surface area contributed by atoms with Crippen LogP contribution >= 0.6 is 0 Å². The minimum absolute atomic E-state index is 0.237. The van der Waals surface area contributed by atoms with Crippen molar-refractivity contribution in [3.05, 3.63) is 42.1 Å². The summed E-state index contributed by atoms with van der Waals surface area (Å²) in [6, 6.07) is 10.1. The highest BCUT2D eigenvalue weighted by Crippen LogP contribution is 2.28. The van der Waals surface area contributed by atoms with Gasteiger partial charge < -0.3 is 4.74 Å². The summed E-state index contributed by atoms with van der Waals surface area (Å²) >= 11 is 0. The molecule has 0 bridgehead atoms. The third kappa shape index (κ3) is 2.63. The summed E-state index contributed by atoms with van der Waals surface area (Å²) in [6.45, 7) is 0. The van der Waals surface area contributed by atoms with Gasteiger partial charge in [-0.15, -0.1) is 0 Å². The lowest BCUT2D eigenvalue weighted by molar-refractivity contribution is 0.397. The Labute approximate surface area is 117 Å². The standard InChI is InChI=1S/C14H12N2O3S/c1-19-14-13(9-15)12(7-8-16-14)10-3-5-11(6-4-10)20(2,17)18/h3-8H,1-2H3. The zero-order valence-electron chi connectivity index (χ0n) is 11.0. The first-order chi connectivity index (χ1) is 9.47. The molecule has 0 atom stereocenters. The number of benzene rings is 1. The predicted molar refractivity (Wildman–Crippen MR) is 74.0 cm³/mol. The Morgan fingerprint density at radius 2 is 1.85 bits per heavy atom. The lowest BCUT2D eigenvalue weighted by Crippen LogP contribution is -1.97. The van der Waals surface area contributed by atoms with Gasteiger partial charge in [-0.1, -0.05) is 12.1 Å². The minimum Gasteiger partial charge on any atom is -0.480 e. The van der Waals surface area contributed by atoms with E-state index in [-0.39, 0.29) is 10.8 Å². The average Bonchev–Trinajstić information content (AvgIpc) is 2.45. The lowest BCUT2D eigenvalue weighted by Gasteiger charge is -2.08. The Balaban J connectivity index is 2.56. The Hall–Kier alpha value is -2.39. The largest absolute Gasteiger partial charge is 0.480 e. The molecule has 0 aliphatic carbocycles. The number of nitriles is 1. The van der Waals surface area contributed by atoms with Gasteiger partial charge in [0.1, 0.15) is 11.6 Å². The fourth-order valence-corrected chi connectivity index (χ4v) is 2.46. The molecule has 102 valence electrons. The molecule has 0 spiro atoms. The van der Waals surface area contributed by atoms with Crippen LogP contribution in [0.15, 0.2) is 41.4 Å². The van der Waals surface area contributed by atoms with E-state index in [2.05, 4.69) is 11.1 Å². The van der Waals surface area contributed by atoms with Crippen molar-refractivity contribution in [1.82, 2.24) is 4.98 Å². The van der Waals surface area contributed by atoms with Crippen LogP contribution in [0.3, 0.4) is 0 Å². The molecule has 0 aliphatic rings. The molecule has 0 unspecified atom stereocenters. The number of hydrogen-bond donors (Lipinski definition) is 0. The second kappa shape index (κ2) is 5.31. The van der Waals surface area contributed by atoms with Crippen LogP contribution < -0.4 is 4.74 Å². The zero-order chi connectivity index (χ0) is 14.8. The number of methoxy groups -OCH3 is 1. The smallest absolute Gasteiger partial charge is 0.232 e. The number of pyridine rings is 1. The van der Waals surface area contributed by atoms with Gasteiger partial charge in [0, 0.05) is 18.0 Å². The summed E-state index contributed by atoms with van der Waals surface area (Å²) in [4.78, 5) is 4.21. The number of aromatic nitrogens is 1. The molecule has 6 heteroatoms. The SMILES string of the molecule is COc1nccc(-c2ccc(S(C)(=O)=O)cc2)c1C#N. The number of hydrogen-bond acceptors (Lipinski definition) is 5. The number of rotatable bonds is 3. The maximum atomic E-state index is 11.4. The van der Waals surface area contributed by atoms with Gasteiger partial charge >= 0.3 is 0 Å². The average molecular weight is 288 g/mol. The number of sulfone groups is 1. The molecule has 2 aromatic rings. The van der Waals surface area contributed by atoms with E-state index in [0.717, 1.165) is 11.8 Å². The molecule has 1 aromatic heterocycles. The van der Waals surface area contributed by atoms with E-state index >= 15 is 0 Å². The van der Waals surface area contributed by atoms with Gasteiger partial charge in [0.2, 0.25) is 5.88 Å². The Morgan fingerprint density at radius 1 is 1.20 bits per heavy atom. The van der Waals surface area contributed by atoms with Crippen molar-refractivity contribution in [2.45, 2.75) is 4.90 Å². The van der Waals surface area contributed by atoms with Crippen molar-refractivity contribution < 1.29 is 13.2 Å². The summed E-state index contributed by atoms with van der Waals surface area (Å²) in [7, 11) is -1.79.